The number of aliphatic carboxylic acids is 3. The number of aliphatic hydroxyl groups is 1. The largest absolute Gasteiger partial charge is 0.481 e. The number of hydrogen-bond acceptors (Lipinski definition) is 15. The van der Waals surface area contributed by atoms with Crippen molar-refractivity contribution < 1.29 is 73.2 Å². The monoisotopic (exact) mass is 960 g/mol. The first-order valence-electron chi connectivity index (χ1n) is 20.6. The fraction of sp³-hybridized carbons (Fsp3) is 0.462. The van der Waals surface area contributed by atoms with Crippen LogP contribution in [0, 0.1) is 5.41 Å². The molecule has 1 aromatic carbocycles. The molecule has 7 atom stereocenters. The lowest BCUT2D eigenvalue weighted by molar-refractivity contribution is -0.148. The molecule has 0 radical (unpaired) electrons. The maximum absolute atomic E-state index is 13.9. The van der Waals surface area contributed by atoms with E-state index < -0.39 is 146 Å². The zero-order valence-electron chi connectivity index (χ0n) is 36.3. The molecule has 0 unspecified atom stereocenters. The lowest BCUT2D eigenvalue weighted by Crippen LogP contribution is -2.60. The van der Waals surface area contributed by atoms with E-state index >= 15 is 0 Å². The topological polar surface area (TPSA) is 496 Å². The third-order valence-electron chi connectivity index (χ3n) is 9.44. The van der Waals surface area contributed by atoms with Gasteiger partial charge < -0.3 is 85.1 Å². The number of carboxylic acids is 3. The molecule has 372 valence electrons. The number of nitrogens with two attached hydrogens (primary N) is 3. The molecule has 2 aromatic rings. The number of nitrogens with one attached hydrogen (secondary N) is 10. The van der Waals surface area contributed by atoms with Gasteiger partial charge in [-0.2, -0.15) is 0 Å². The van der Waals surface area contributed by atoms with Crippen LogP contribution in [0.15, 0.2) is 42.9 Å². The third-order valence-corrected chi connectivity index (χ3v) is 9.44. The van der Waals surface area contributed by atoms with Crippen molar-refractivity contribution in [2.75, 3.05) is 19.7 Å². The Kier molecular flexibility index (Phi) is 23.6. The quantitative estimate of drug-likeness (QED) is 0.0190. The van der Waals surface area contributed by atoms with Crippen LogP contribution < -0.4 is 59.7 Å². The second-order valence-corrected chi connectivity index (χ2v) is 14.9. The van der Waals surface area contributed by atoms with Crippen LogP contribution in [0.3, 0.4) is 0 Å². The Morgan fingerprint density at radius 1 is 0.647 bits per heavy atom. The van der Waals surface area contributed by atoms with Crippen molar-refractivity contribution in [1.82, 2.24) is 52.5 Å². The van der Waals surface area contributed by atoms with Crippen LogP contribution in [-0.4, -0.2) is 164 Å². The van der Waals surface area contributed by atoms with Gasteiger partial charge in [0.25, 0.3) is 0 Å². The number of benzene rings is 1. The highest BCUT2D eigenvalue weighted by Gasteiger charge is 2.34. The Morgan fingerprint density at radius 3 is 1.75 bits per heavy atom. The predicted molar refractivity (Wildman–Crippen MR) is 232 cm³/mol. The molecule has 29 heteroatoms. The first kappa shape index (κ1) is 55.9. The predicted octanol–water partition coefficient (Wildman–Crippen LogP) is -6.90. The minimum Gasteiger partial charge on any atom is -0.481 e. The molecule has 2 rings (SSSR count). The lowest BCUT2D eigenvalue weighted by Gasteiger charge is -2.26. The number of nitrogens with zero attached hydrogens (tertiary/aromatic N) is 1. The number of rotatable bonds is 31. The first-order chi connectivity index (χ1) is 32.1. The SMILES string of the molecule is N=C(N)NCCC[C@H](N)C(=O)N[C@@H](Cc1c[nH]cn1)C(=O)N[C@@H](Cc1ccccc1)C(=O)N[C@@H](CO)C(=O)N[C@@H](CCC(N)=O)C(=O)NCC(=O)N[C@@H](CC(=O)O)C(=O)N[C@@H](CC(=O)O)C(=O)O. The number of carboxylic acid groups (broad SMARTS) is 3. The number of aromatic amines is 1. The minimum absolute atomic E-state index is 0.138. The van der Waals surface area contributed by atoms with Gasteiger partial charge in [-0.05, 0) is 24.8 Å². The molecular formula is C39H56N14O15. The van der Waals surface area contributed by atoms with Gasteiger partial charge >= 0.3 is 17.9 Å². The number of aliphatic hydroxyl groups excluding tert-OH is 1. The first-order valence-corrected chi connectivity index (χ1v) is 20.6. The van der Waals surface area contributed by atoms with Crippen molar-refractivity contribution in [3.8, 4) is 0 Å². The van der Waals surface area contributed by atoms with E-state index in [-0.39, 0.29) is 31.8 Å². The summed E-state index contributed by atoms with van der Waals surface area (Å²) in [4.78, 5) is 145. The van der Waals surface area contributed by atoms with Gasteiger partial charge in [-0.1, -0.05) is 30.3 Å². The average Bonchev–Trinajstić information content (AvgIpc) is 3.79. The maximum Gasteiger partial charge on any atom is 0.326 e. The molecule has 68 heavy (non-hydrogen) atoms. The van der Waals surface area contributed by atoms with E-state index in [9.17, 15) is 68.1 Å². The minimum atomic E-state index is -2.00. The third kappa shape index (κ3) is 21.2. The van der Waals surface area contributed by atoms with E-state index in [1.165, 1.54) is 12.5 Å². The molecule has 1 aromatic heterocycles. The van der Waals surface area contributed by atoms with Crippen molar-refractivity contribution in [2.45, 2.75) is 93.7 Å². The van der Waals surface area contributed by atoms with Gasteiger partial charge in [0, 0.05) is 32.0 Å². The van der Waals surface area contributed by atoms with Crippen molar-refractivity contribution >= 4 is 71.1 Å². The Balaban J connectivity index is 2.26. The van der Waals surface area contributed by atoms with E-state index in [0.717, 1.165) is 0 Å². The van der Waals surface area contributed by atoms with Crippen LogP contribution >= 0.6 is 0 Å². The zero-order valence-corrected chi connectivity index (χ0v) is 36.3. The fourth-order valence-corrected chi connectivity index (χ4v) is 5.97. The van der Waals surface area contributed by atoms with Gasteiger partial charge in [-0.3, -0.25) is 53.4 Å². The molecule has 0 fully saturated rings. The summed E-state index contributed by atoms with van der Waals surface area (Å²) >= 11 is 0. The number of H-pyrrole nitrogens is 1. The summed E-state index contributed by atoms with van der Waals surface area (Å²) in [5.74, 6) is -13.8. The maximum atomic E-state index is 13.9. The highest BCUT2D eigenvalue weighted by Crippen LogP contribution is 2.08. The highest BCUT2D eigenvalue weighted by molar-refractivity contribution is 5.98. The second-order valence-electron chi connectivity index (χ2n) is 14.9. The smallest absolute Gasteiger partial charge is 0.326 e. The van der Waals surface area contributed by atoms with Gasteiger partial charge in [0.05, 0.1) is 44.1 Å². The summed E-state index contributed by atoms with van der Waals surface area (Å²) in [5.41, 5.74) is 17.4. The summed E-state index contributed by atoms with van der Waals surface area (Å²) in [6, 6.07) is -3.16. The molecule has 0 aliphatic heterocycles. The number of guanidine groups is 1. The van der Waals surface area contributed by atoms with Crippen LogP contribution in [0.1, 0.15) is 49.8 Å². The number of imidazole rings is 1. The molecule has 0 bridgehead atoms. The standard InChI is InChI=1S/C39H56N14O15/c40-21(7-4-10-45-39(42)43)32(61)50-24(12-20-15-44-18-47-20)35(64)51-23(11-19-5-2-1-3-6-19)34(63)53-27(17-54)37(66)49-22(8-9-28(41)55)33(62)46-16-29(56)48-25(13-30(57)58)36(65)52-26(38(67)68)14-31(59)60/h1-3,5-6,15,18,21-27,54H,4,7-14,16-17,40H2,(H2,41,55)(H,44,47)(H,46,62)(H,48,56)(H,49,66)(H,50,61)(H,51,64)(H,52,65)(H,53,63)(H,57,58)(H,59,60)(H,67,68)(H4,42,43,45)/t21-,22-,23-,24-,25-,26-,27-/m0/s1. The Labute approximate surface area is 386 Å². The molecule has 0 aliphatic rings. The Morgan fingerprint density at radius 2 is 1.19 bits per heavy atom. The van der Waals surface area contributed by atoms with Gasteiger partial charge in [0.15, 0.2) is 5.96 Å². The van der Waals surface area contributed by atoms with E-state index in [1.807, 2.05) is 5.32 Å². The van der Waals surface area contributed by atoms with Crippen molar-refractivity contribution in [3.63, 3.8) is 0 Å². The molecule has 1 heterocycles. The van der Waals surface area contributed by atoms with Gasteiger partial charge in [0.2, 0.25) is 47.3 Å². The summed E-state index contributed by atoms with van der Waals surface area (Å²) in [6.45, 7) is -1.84. The Hall–Kier alpha value is -8.21. The number of hydrogen-bond donors (Lipinski definition) is 17. The molecular weight excluding hydrogens is 905 g/mol. The number of aromatic nitrogens is 2. The Bertz CT molecular complexity index is 2110. The molecule has 0 aliphatic carbocycles. The van der Waals surface area contributed by atoms with Crippen molar-refractivity contribution in [1.29, 1.82) is 5.41 Å². The molecule has 0 saturated carbocycles. The van der Waals surface area contributed by atoms with Crippen LogP contribution in [0.2, 0.25) is 0 Å². The zero-order chi connectivity index (χ0) is 50.9. The number of carbonyl (C=O) groups is 11. The summed E-state index contributed by atoms with van der Waals surface area (Å²) in [5, 5.41) is 63.0. The number of primary amides is 1. The van der Waals surface area contributed by atoms with Gasteiger partial charge in [-0.25, -0.2) is 9.78 Å². The van der Waals surface area contributed by atoms with Crippen molar-refractivity contribution in [3.05, 3.63) is 54.1 Å². The van der Waals surface area contributed by atoms with Crippen LogP contribution in [-0.2, 0) is 65.6 Å². The summed E-state index contributed by atoms with van der Waals surface area (Å²) in [7, 11) is 0. The summed E-state index contributed by atoms with van der Waals surface area (Å²) in [6.07, 6.45) is -0.293. The van der Waals surface area contributed by atoms with Crippen LogP contribution in [0.25, 0.3) is 0 Å². The highest BCUT2D eigenvalue weighted by atomic mass is 16.4. The molecule has 0 spiro atoms. The van der Waals surface area contributed by atoms with Gasteiger partial charge in [0.1, 0.15) is 36.3 Å². The van der Waals surface area contributed by atoms with E-state index in [1.54, 1.807) is 35.6 Å². The lowest BCUT2D eigenvalue weighted by atomic mass is 10.0. The van der Waals surface area contributed by atoms with Crippen LogP contribution in [0.4, 0.5) is 0 Å². The molecule has 20 N–H and O–H groups in total. The number of amides is 8. The molecule has 8 amide bonds. The van der Waals surface area contributed by atoms with E-state index in [0.29, 0.717) is 17.7 Å². The van der Waals surface area contributed by atoms with E-state index in [4.69, 9.17) is 27.7 Å². The van der Waals surface area contributed by atoms with Gasteiger partial charge in [-0.15, -0.1) is 0 Å². The normalized spacial score (nSPS) is 13.8. The molecule has 29 nitrogen and oxygen atoms in total. The number of carbonyl (C=O) groups excluding carboxylic acids is 8. The second kappa shape index (κ2) is 28.6. The van der Waals surface area contributed by atoms with Crippen LogP contribution in [0.5, 0.6) is 0 Å². The molecule has 0 saturated heterocycles. The summed E-state index contributed by atoms with van der Waals surface area (Å²) < 4.78 is 0. The van der Waals surface area contributed by atoms with E-state index in [2.05, 4.69) is 41.9 Å². The fourth-order valence-electron chi connectivity index (χ4n) is 5.97. The van der Waals surface area contributed by atoms with Crippen molar-refractivity contribution in [2.24, 2.45) is 17.2 Å². The average molecular weight is 961 g/mol.